The van der Waals surface area contributed by atoms with E-state index >= 15 is 0 Å². The standard InChI is InChI=1S/C13H20N2O2S/c1-4-11(14-2)12-6-5-10(9-15-12)18-8-7-13(16)17-3/h5-6,9,11,14H,4,7-8H2,1-3H3. The average molecular weight is 268 g/mol. The van der Waals surface area contributed by atoms with E-state index < -0.39 is 0 Å². The number of ether oxygens (including phenoxy) is 1. The summed E-state index contributed by atoms with van der Waals surface area (Å²) in [7, 11) is 3.35. The molecule has 1 N–H and O–H groups in total. The minimum Gasteiger partial charge on any atom is -0.469 e. The molecule has 0 aliphatic rings. The van der Waals surface area contributed by atoms with Crippen molar-refractivity contribution in [1.82, 2.24) is 10.3 Å². The van der Waals surface area contributed by atoms with E-state index in [1.165, 1.54) is 7.11 Å². The van der Waals surface area contributed by atoms with E-state index in [1.807, 2.05) is 25.4 Å². The number of esters is 1. The summed E-state index contributed by atoms with van der Waals surface area (Å²) in [5, 5.41) is 3.22. The van der Waals surface area contributed by atoms with Gasteiger partial charge >= 0.3 is 5.97 Å². The summed E-state index contributed by atoms with van der Waals surface area (Å²) in [6, 6.07) is 4.38. The first-order chi connectivity index (χ1) is 8.71. The number of hydrogen-bond donors (Lipinski definition) is 1. The number of aromatic nitrogens is 1. The Morgan fingerprint density at radius 3 is 2.83 bits per heavy atom. The molecule has 1 unspecified atom stereocenters. The zero-order chi connectivity index (χ0) is 13.4. The molecule has 0 aliphatic heterocycles. The van der Waals surface area contributed by atoms with Gasteiger partial charge < -0.3 is 10.1 Å². The van der Waals surface area contributed by atoms with Crippen molar-refractivity contribution in [2.75, 3.05) is 19.9 Å². The Balaban J connectivity index is 2.47. The third kappa shape index (κ3) is 4.66. The predicted octanol–water partition coefficient (Wildman–Crippen LogP) is 2.41. The molecule has 1 rings (SSSR count). The number of nitrogens with one attached hydrogen (secondary N) is 1. The maximum Gasteiger partial charge on any atom is 0.306 e. The minimum atomic E-state index is -0.173. The van der Waals surface area contributed by atoms with Gasteiger partial charge in [0.05, 0.1) is 19.2 Å². The Morgan fingerprint density at radius 2 is 2.33 bits per heavy atom. The first-order valence-corrected chi connectivity index (χ1v) is 7.02. The van der Waals surface area contributed by atoms with Crippen LogP contribution >= 0.6 is 11.8 Å². The summed E-state index contributed by atoms with van der Waals surface area (Å²) < 4.78 is 4.59. The fourth-order valence-corrected chi connectivity index (χ4v) is 2.39. The van der Waals surface area contributed by atoms with Crippen molar-refractivity contribution >= 4 is 17.7 Å². The fourth-order valence-electron chi connectivity index (χ4n) is 1.60. The molecule has 1 heterocycles. The molecule has 100 valence electrons. The molecule has 1 atom stereocenters. The van der Waals surface area contributed by atoms with Crippen LogP contribution in [0.25, 0.3) is 0 Å². The third-order valence-corrected chi connectivity index (χ3v) is 3.66. The molecule has 18 heavy (non-hydrogen) atoms. The maximum atomic E-state index is 11.0. The highest BCUT2D eigenvalue weighted by molar-refractivity contribution is 7.99. The second-order valence-corrected chi connectivity index (χ2v) is 5.01. The van der Waals surface area contributed by atoms with Crippen molar-refractivity contribution in [3.8, 4) is 0 Å². The molecule has 1 aromatic rings. The van der Waals surface area contributed by atoms with Gasteiger partial charge in [-0.05, 0) is 25.6 Å². The Morgan fingerprint density at radius 1 is 1.56 bits per heavy atom. The molecular formula is C13H20N2O2S. The summed E-state index contributed by atoms with van der Waals surface area (Å²) in [6.45, 7) is 2.13. The van der Waals surface area contributed by atoms with Crippen molar-refractivity contribution in [3.05, 3.63) is 24.0 Å². The highest BCUT2D eigenvalue weighted by atomic mass is 32.2. The van der Waals surface area contributed by atoms with Crippen LogP contribution in [0.3, 0.4) is 0 Å². The number of nitrogens with zero attached hydrogens (tertiary/aromatic N) is 1. The van der Waals surface area contributed by atoms with E-state index in [0.717, 1.165) is 22.8 Å². The Kier molecular flexibility index (Phi) is 6.75. The molecule has 5 heteroatoms. The van der Waals surface area contributed by atoms with Crippen LogP contribution < -0.4 is 5.32 Å². The van der Waals surface area contributed by atoms with E-state index in [0.29, 0.717) is 12.5 Å². The lowest BCUT2D eigenvalue weighted by Crippen LogP contribution is -2.16. The van der Waals surface area contributed by atoms with Gasteiger partial charge in [-0.3, -0.25) is 9.78 Å². The number of carbonyl (C=O) groups is 1. The number of thioether (sulfide) groups is 1. The molecule has 0 saturated carbocycles. The third-order valence-electron chi connectivity index (χ3n) is 2.68. The molecule has 0 bridgehead atoms. The smallest absolute Gasteiger partial charge is 0.306 e. The number of methoxy groups -OCH3 is 1. The van der Waals surface area contributed by atoms with Gasteiger partial charge in [0, 0.05) is 22.9 Å². The summed E-state index contributed by atoms with van der Waals surface area (Å²) in [6.07, 6.45) is 3.30. The van der Waals surface area contributed by atoms with Crippen LogP contribution in [0.4, 0.5) is 0 Å². The lowest BCUT2D eigenvalue weighted by atomic mass is 10.1. The Hall–Kier alpha value is -1.07. The van der Waals surface area contributed by atoms with Crippen molar-refractivity contribution < 1.29 is 9.53 Å². The van der Waals surface area contributed by atoms with Gasteiger partial charge in [0.25, 0.3) is 0 Å². The summed E-state index contributed by atoms with van der Waals surface area (Å²) in [5.74, 6) is 0.546. The summed E-state index contributed by atoms with van der Waals surface area (Å²) >= 11 is 1.62. The van der Waals surface area contributed by atoms with E-state index in [9.17, 15) is 4.79 Å². The number of carbonyl (C=O) groups excluding carboxylic acids is 1. The second-order valence-electron chi connectivity index (χ2n) is 3.84. The van der Waals surface area contributed by atoms with Crippen LogP contribution in [-0.2, 0) is 9.53 Å². The Labute approximate surface area is 113 Å². The van der Waals surface area contributed by atoms with Crippen LogP contribution in [0, 0.1) is 0 Å². The molecule has 1 aromatic heterocycles. The molecule has 0 amide bonds. The SMILES string of the molecule is CCC(NC)c1ccc(SCCC(=O)OC)cn1. The fraction of sp³-hybridized carbons (Fsp3) is 0.538. The van der Waals surface area contributed by atoms with Crippen LogP contribution in [0.2, 0.25) is 0 Å². The van der Waals surface area contributed by atoms with Crippen LogP contribution in [0.15, 0.2) is 23.2 Å². The van der Waals surface area contributed by atoms with Crippen LogP contribution in [-0.4, -0.2) is 30.9 Å². The molecular weight excluding hydrogens is 248 g/mol. The zero-order valence-electron chi connectivity index (χ0n) is 11.1. The predicted molar refractivity (Wildman–Crippen MR) is 73.7 cm³/mol. The molecule has 0 radical (unpaired) electrons. The van der Waals surface area contributed by atoms with E-state index in [1.54, 1.807) is 11.8 Å². The first kappa shape index (κ1) is 15.0. The average Bonchev–Trinajstić information content (AvgIpc) is 2.41. The first-order valence-electron chi connectivity index (χ1n) is 6.04. The largest absolute Gasteiger partial charge is 0.469 e. The van der Waals surface area contributed by atoms with Gasteiger partial charge in [-0.1, -0.05) is 6.92 Å². The lowest BCUT2D eigenvalue weighted by Gasteiger charge is -2.13. The quantitative estimate of drug-likeness (QED) is 0.608. The molecule has 0 aromatic carbocycles. The Bertz CT molecular complexity index is 364. The minimum absolute atomic E-state index is 0.173. The number of rotatable bonds is 7. The van der Waals surface area contributed by atoms with Crippen LogP contribution in [0.5, 0.6) is 0 Å². The van der Waals surface area contributed by atoms with Crippen molar-refractivity contribution in [2.45, 2.75) is 30.7 Å². The van der Waals surface area contributed by atoms with E-state index in [2.05, 4.69) is 22.0 Å². The summed E-state index contributed by atoms with van der Waals surface area (Å²) in [4.78, 5) is 16.5. The molecule has 0 aliphatic carbocycles. The maximum absolute atomic E-state index is 11.0. The molecule has 4 nitrogen and oxygen atoms in total. The second kappa shape index (κ2) is 8.11. The van der Waals surface area contributed by atoms with Crippen molar-refractivity contribution in [2.24, 2.45) is 0 Å². The van der Waals surface area contributed by atoms with Gasteiger partial charge in [-0.25, -0.2) is 0 Å². The highest BCUT2D eigenvalue weighted by Crippen LogP contribution is 2.20. The van der Waals surface area contributed by atoms with E-state index in [4.69, 9.17) is 0 Å². The molecule has 0 saturated heterocycles. The normalized spacial score (nSPS) is 12.2. The van der Waals surface area contributed by atoms with Crippen molar-refractivity contribution in [3.63, 3.8) is 0 Å². The van der Waals surface area contributed by atoms with Crippen LogP contribution in [0.1, 0.15) is 31.5 Å². The zero-order valence-corrected chi connectivity index (χ0v) is 11.9. The number of hydrogen-bond acceptors (Lipinski definition) is 5. The lowest BCUT2D eigenvalue weighted by molar-refractivity contribution is -0.140. The number of pyridine rings is 1. The van der Waals surface area contributed by atoms with Gasteiger partial charge in [-0.2, -0.15) is 0 Å². The van der Waals surface area contributed by atoms with Gasteiger partial charge in [0.2, 0.25) is 0 Å². The molecule has 0 fully saturated rings. The molecule has 0 spiro atoms. The van der Waals surface area contributed by atoms with Gasteiger partial charge in [-0.15, -0.1) is 11.8 Å². The van der Waals surface area contributed by atoms with Crippen molar-refractivity contribution in [1.29, 1.82) is 0 Å². The summed E-state index contributed by atoms with van der Waals surface area (Å²) in [5.41, 5.74) is 1.05. The van der Waals surface area contributed by atoms with Gasteiger partial charge in [0.15, 0.2) is 0 Å². The van der Waals surface area contributed by atoms with Gasteiger partial charge in [0.1, 0.15) is 0 Å². The monoisotopic (exact) mass is 268 g/mol. The topological polar surface area (TPSA) is 51.2 Å². The highest BCUT2D eigenvalue weighted by Gasteiger charge is 2.07. The van der Waals surface area contributed by atoms with E-state index in [-0.39, 0.29) is 5.97 Å².